The number of pyridine rings is 1. The fourth-order valence-corrected chi connectivity index (χ4v) is 3.95. The third-order valence-corrected chi connectivity index (χ3v) is 5.57. The summed E-state index contributed by atoms with van der Waals surface area (Å²) in [6.07, 6.45) is 0.905. The number of likely N-dealkylation sites (N-methyl/N-ethyl adjacent to an activating group) is 1. The molecule has 0 unspecified atom stereocenters. The minimum atomic E-state index is -0.303. The zero-order valence-corrected chi connectivity index (χ0v) is 16.6. The number of anilines is 1. The van der Waals surface area contributed by atoms with Crippen LogP contribution in [0.3, 0.4) is 0 Å². The van der Waals surface area contributed by atoms with Gasteiger partial charge in [-0.05, 0) is 48.4 Å². The Kier molecular flexibility index (Phi) is 4.85. The van der Waals surface area contributed by atoms with Crippen molar-refractivity contribution in [2.75, 3.05) is 18.4 Å². The van der Waals surface area contributed by atoms with Crippen molar-refractivity contribution in [1.82, 2.24) is 9.88 Å². The van der Waals surface area contributed by atoms with Gasteiger partial charge in [0.2, 0.25) is 0 Å². The van der Waals surface area contributed by atoms with E-state index in [2.05, 4.69) is 44.1 Å². The lowest BCUT2D eigenvalue weighted by Gasteiger charge is -2.29. The van der Waals surface area contributed by atoms with E-state index in [1.807, 2.05) is 18.2 Å². The molecule has 6 heteroatoms. The van der Waals surface area contributed by atoms with E-state index in [1.165, 1.54) is 17.2 Å². The quantitative estimate of drug-likeness (QED) is 0.668. The van der Waals surface area contributed by atoms with Crippen LogP contribution in [0.15, 0.2) is 51.7 Å². The molecule has 3 aromatic rings. The van der Waals surface area contributed by atoms with Gasteiger partial charge < -0.3 is 10.3 Å². The van der Waals surface area contributed by atoms with Gasteiger partial charge in [0, 0.05) is 40.2 Å². The summed E-state index contributed by atoms with van der Waals surface area (Å²) >= 11 is 3.37. The third kappa shape index (κ3) is 3.55. The number of nitrogens with zero attached hydrogens (tertiary/aromatic N) is 1. The molecule has 0 radical (unpaired) electrons. The number of carbonyl (C=O) groups is 1. The van der Waals surface area contributed by atoms with Crippen LogP contribution in [-0.4, -0.2) is 28.9 Å². The number of rotatable bonds is 3. The monoisotopic (exact) mass is 425 g/mol. The van der Waals surface area contributed by atoms with Gasteiger partial charge in [-0.2, -0.15) is 0 Å². The number of carbonyl (C=O) groups excluding carboxylic acids is 1. The van der Waals surface area contributed by atoms with Crippen molar-refractivity contribution in [3.05, 3.63) is 74.0 Å². The largest absolute Gasteiger partial charge is 0.350 e. The van der Waals surface area contributed by atoms with Crippen molar-refractivity contribution in [1.29, 1.82) is 0 Å². The zero-order valence-electron chi connectivity index (χ0n) is 15.0. The molecule has 0 bridgehead atoms. The molecule has 138 valence electrons. The lowest BCUT2D eigenvalue weighted by atomic mass is 9.97. The van der Waals surface area contributed by atoms with Crippen LogP contribution in [0.25, 0.3) is 10.9 Å². The molecule has 0 spiro atoms. The van der Waals surface area contributed by atoms with Gasteiger partial charge >= 0.3 is 0 Å². The lowest BCUT2D eigenvalue weighted by molar-refractivity contribution is 0.102. The molecule has 2 N–H and O–H groups in total. The Hall–Kier alpha value is -2.44. The first-order valence-electron chi connectivity index (χ1n) is 9.02. The highest BCUT2D eigenvalue weighted by molar-refractivity contribution is 9.10. The highest BCUT2D eigenvalue weighted by Gasteiger charge is 2.19. The summed E-state index contributed by atoms with van der Waals surface area (Å²) in [5.41, 5.74) is 3.98. The first-order valence-corrected chi connectivity index (χ1v) is 9.81. The van der Waals surface area contributed by atoms with Crippen LogP contribution in [-0.2, 0) is 13.0 Å². The molecule has 2 aromatic carbocycles. The maximum atomic E-state index is 12.8. The van der Waals surface area contributed by atoms with Crippen molar-refractivity contribution < 1.29 is 4.79 Å². The number of aromatic nitrogens is 1. The van der Waals surface area contributed by atoms with Crippen molar-refractivity contribution in [2.24, 2.45) is 0 Å². The molecular weight excluding hydrogens is 406 g/mol. The maximum absolute atomic E-state index is 12.8. The Labute approximate surface area is 165 Å². The smallest absolute Gasteiger partial charge is 0.272 e. The van der Waals surface area contributed by atoms with Crippen LogP contribution in [0.4, 0.5) is 5.69 Å². The fraction of sp³-hybridized carbons (Fsp3) is 0.238. The second kappa shape index (κ2) is 7.29. The average molecular weight is 426 g/mol. The number of hydrogen-bond donors (Lipinski definition) is 2. The number of halogens is 1. The Balaban J connectivity index is 1.65. The highest BCUT2D eigenvalue weighted by atomic mass is 79.9. The molecule has 0 saturated carbocycles. The van der Waals surface area contributed by atoms with E-state index in [0.29, 0.717) is 10.9 Å². The predicted octanol–water partition coefficient (Wildman–Crippen LogP) is 3.92. The van der Waals surface area contributed by atoms with E-state index in [0.717, 1.165) is 36.2 Å². The molecule has 1 aliphatic rings. The zero-order chi connectivity index (χ0) is 19.0. The van der Waals surface area contributed by atoms with Gasteiger partial charge in [0.15, 0.2) is 5.43 Å². The molecule has 1 aliphatic heterocycles. The summed E-state index contributed by atoms with van der Waals surface area (Å²) in [7, 11) is 0. The topological polar surface area (TPSA) is 65.2 Å². The van der Waals surface area contributed by atoms with Crippen molar-refractivity contribution in [2.45, 2.75) is 19.9 Å². The molecular formula is C21H20BrN3O2. The van der Waals surface area contributed by atoms with Crippen LogP contribution in [0.2, 0.25) is 0 Å². The molecule has 0 saturated heterocycles. The number of hydrogen-bond acceptors (Lipinski definition) is 3. The summed E-state index contributed by atoms with van der Waals surface area (Å²) < 4.78 is 0.828. The Bertz CT molecular complexity index is 1090. The normalized spacial score (nSPS) is 14.1. The number of aromatic amines is 1. The number of H-pyrrole nitrogens is 1. The lowest BCUT2D eigenvalue weighted by Crippen LogP contribution is -2.31. The van der Waals surface area contributed by atoms with Crippen LogP contribution in [0, 0.1) is 0 Å². The maximum Gasteiger partial charge on any atom is 0.272 e. The van der Waals surface area contributed by atoms with E-state index >= 15 is 0 Å². The van der Waals surface area contributed by atoms with Gasteiger partial charge in [-0.15, -0.1) is 0 Å². The molecule has 27 heavy (non-hydrogen) atoms. The number of nitrogens with one attached hydrogen (secondary N) is 2. The first-order chi connectivity index (χ1) is 13.0. The molecule has 2 heterocycles. The minimum Gasteiger partial charge on any atom is -0.350 e. The minimum absolute atomic E-state index is 0.177. The van der Waals surface area contributed by atoms with Gasteiger partial charge in [-0.1, -0.05) is 35.0 Å². The van der Waals surface area contributed by atoms with Crippen LogP contribution in [0.1, 0.15) is 28.5 Å². The van der Waals surface area contributed by atoms with E-state index < -0.39 is 0 Å². The summed E-state index contributed by atoms with van der Waals surface area (Å²) in [6.45, 7) is 5.06. The predicted molar refractivity (Wildman–Crippen MR) is 111 cm³/mol. The molecule has 5 nitrogen and oxygen atoms in total. The SMILES string of the molecule is CCN1CCc2c(cccc2NC(=O)c2cc(=O)c3cc(Br)ccc3[nH]2)C1. The molecule has 0 fully saturated rings. The standard InChI is InChI=1S/C21H20BrN3O2/c1-2-25-9-8-15-13(12-25)4-3-5-17(15)24-21(27)19-11-20(26)16-10-14(22)6-7-18(16)23-19/h3-7,10-11H,2,8-9,12H2,1H3,(H,23,26)(H,24,27). The molecule has 0 atom stereocenters. The Morgan fingerprint density at radius 2 is 2.11 bits per heavy atom. The summed E-state index contributed by atoms with van der Waals surface area (Å²) in [5.74, 6) is -0.303. The van der Waals surface area contributed by atoms with Gasteiger partial charge in [0.25, 0.3) is 5.91 Å². The van der Waals surface area contributed by atoms with E-state index in [4.69, 9.17) is 0 Å². The Morgan fingerprint density at radius 1 is 1.26 bits per heavy atom. The van der Waals surface area contributed by atoms with E-state index in [-0.39, 0.29) is 17.0 Å². The van der Waals surface area contributed by atoms with Crippen LogP contribution in [0.5, 0.6) is 0 Å². The van der Waals surface area contributed by atoms with Crippen LogP contribution >= 0.6 is 15.9 Å². The van der Waals surface area contributed by atoms with Crippen LogP contribution < -0.4 is 10.7 Å². The van der Waals surface area contributed by atoms with E-state index in [1.54, 1.807) is 12.1 Å². The van der Waals surface area contributed by atoms with Gasteiger partial charge in [-0.25, -0.2) is 0 Å². The number of fused-ring (bicyclic) bond motifs is 2. The fourth-order valence-electron chi connectivity index (χ4n) is 3.59. The summed E-state index contributed by atoms with van der Waals surface area (Å²) in [4.78, 5) is 30.6. The first kappa shape index (κ1) is 17.9. The second-order valence-corrected chi connectivity index (χ2v) is 7.67. The van der Waals surface area contributed by atoms with Gasteiger partial charge in [-0.3, -0.25) is 14.5 Å². The average Bonchev–Trinajstić information content (AvgIpc) is 2.68. The third-order valence-electron chi connectivity index (χ3n) is 5.08. The van der Waals surface area contributed by atoms with E-state index in [9.17, 15) is 9.59 Å². The number of amides is 1. The molecule has 1 amide bonds. The molecule has 4 rings (SSSR count). The summed E-state index contributed by atoms with van der Waals surface area (Å²) in [6, 6.07) is 12.8. The molecule has 1 aromatic heterocycles. The second-order valence-electron chi connectivity index (χ2n) is 6.75. The Morgan fingerprint density at radius 3 is 2.93 bits per heavy atom. The van der Waals surface area contributed by atoms with Crippen molar-refractivity contribution >= 4 is 38.4 Å². The summed E-state index contributed by atoms with van der Waals surface area (Å²) in [5, 5.41) is 3.54. The van der Waals surface area contributed by atoms with Crippen molar-refractivity contribution in [3.8, 4) is 0 Å². The van der Waals surface area contributed by atoms with Crippen molar-refractivity contribution in [3.63, 3.8) is 0 Å². The van der Waals surface area contributed by atoms with Gasteiger partial charge in [0.05, 0.1) is 0 Å². The highest BCUT2D eigenvalue weighted by Crippen LogP contribution is 2.26. The number of benzene rings is 2. The van der Waals surface area contributed by atoms with Gasteiger partial charge in [0.1, 0.15) is 5.69 Å². The molecule has 0 aliphatic carbocycles.